The Hall–Kier alpha value is -1.71. The third-order valence-corrected chi connectivity index (χ3v) is 1.68. The summed E-state index contributed by atoms with van der Waals surface area (Å²) in [5.41, 5.74) is 6.03. The highest BCUT2D eigenvalue weighted by atomic mass is 16.5. The average molecular weight is 208 g/mol. The number of nitrogen functional groups attached to an aromatic ring is 1. The van der Waals surface area contributed by atoms with Gasteiger partial charge in [0, 0.05) is 17.8 Å². The van der Waals surface area contributed by atoms with Crippen LogP contribution in [-0.2, 0) is 9.53 Å². The number of anilines is 1. The van der Waals surface area contributed by atoms with Crippen LogP contribution in [0.25, 0.3) is 0 Å². The minimum Gasteiger partial charge on any atom is -0.493 e. The number of hydrogen-bond acceptors (Lipinski definition) is 4. The van der Waals surface area contributed by atoms with E-state index in [9.17, 15) is 4.79 Å². The Morgan fingerprint density at radius 2 is 2.40 bits per heavy atom. The predicted molar refractivity (Wildman–Crippen MR) is 56.4 cm³/mol. The summed E-state index contributed by atoms with van der Waals surface area (Å²) in [7, 11) is 0. The summed E-state index contributed by atoms with van der Waals surface area (Å²) in [4.78, 5) is 11.0. The molecule has 0 bridgehead atoms. The number of hydrogen-bond donors (Lipinski definition) is 1. The van der Waals surface area contributed by atoms with Crippen LogP contribution in [0.3, 0.4) is 0 Å². The second-order valence-corrected chi connectivity index (χ2v) is 2.88. The summed E-state index contributed by atoms with van der Waals surface area (Å²) < 4.78 is 10.1. The number of carbonyl (C=O) groups excluding carboxylic acids is 1. The standard InChI is InChI=1S/C11H14NO3/c1-2-14-11(13)6-7-15-10-5-3-4-9(12)8-10/h3,5,8H,2,6-7,12H2,1H3. The zero-order chi connectivity index (χ0) is 11.1. The summed E-state index contributed by atoms with van der Waals surface area (Å²) in [5, 5.41) is 0. The molecule has 0 aliphatic carbocycles. The fraction of sp³-hybridized carbons (Fsp3) is 0.364. The number of nitrogens with two attached hydrogens (primary N) is 1. The molecule has 81 valence electrons. The Bertz CT molecular complexity index is 325. The smallest absolute Gasteiger partial charge is 0.309 e. The van der Waals surface area contributed by atoms with Crippen molar-refractivity contribution in [3.63, 3.8) is 0 Å². The molecule has 0 spiro atoms. The molecule has 1 aromatic rings. The maximum Gasteiger partial charge on any atom is 0.309 e. The Morgan fingerprint density at radius 3 is 3.07 bits per heavy atom. The molecule has 0 unspecified atom stereocenters. The summed E-state index contributed by atoms with van der Waals surface area (Å²) >= 11 is 0. The maximum atomic E-state index is 11.0. The van der Waals surface area contributed by atoms with Gasteiger partial charge >= 0.3 is 5.97 Å². The van der Waals surface area contributed by atoms with Crippen LogP contribution in [0, 0.1) is 6.07 Å². The topological polar surface area (TPSA) is 61.5 Å². The van der Waals surface area contributed by atoms with Crippen molar-refractivity contribution < 1.29 is 14.3 Å². The van der Waals surface area contributed by atoms with E-state index in [2.05, 4.69) is 6.07 Å². The molecule has 0 saturated carbocycles. The van der Waals surface area contributed by atoms with Gasteiger partial charge in [-0.15, -0.1) is 0 Å². The average Bonchev–Trinajstić information content (AvgIpc) is 2.18. The molecule has 0 atom stereocenters. The molecule has 1 aromatic carbocycles. The van der Waals surface area contributed by atoms with Gasteiger partial charge in [0.1, 0.15) is 5.75 Å². The number of rotatable bonds is 5. The largest absolute Gasteiger partial charge is 0.493 e. The molecule has 0 aliphatic heterocycles. The van der Waals surface area contributed by atoms with E-state index in [1.54, 1.807) is 25.1 Å². The maximum absolute atomic E-state index is 11.0. The lowest BCUT2D eigenvalue weighted by molar-refractivity contribution is -0.143. The van der Waals surface area contributed by atoms with Gasteiger partial charge in [0.25, 0.3) is 0 Å². The van der Waals surface area contributed by atoms with E-state index in [1.807, 2.05) is 0 Å². The lowest BCUT2D eigenvalue weighted by Gasteiger charge is -2.05. The van der Waals surface area contributed by atoms with Gasteiger partial charge in [0.05, 0.1) is 19.6 Å². The van der Waals surface area contributed by atoms with Crippen molar-refractivity contribution in [1.82, 2.24) is 0 Å². The molecule has 4 heteroatoms. The number of esters is 1. The number of benzene rings is 1. The van der Waals surface area contributed by atoms with E-state index in [0.29, 0.717) is 24.7 Å². The lowest BCUT2D eigenvalue weighted by Crippen LogP contribution is -2.09. The first-order chi connectivity index (χ1) is 7.22. The van der Waals surface area contributed by atoms with Crippen LogP contribution in [0.5, 0.6) is 5.75 Å². The van der Waals surface area contributed by atoms with Gasteiger partial charge < -0.3 is 15.2 Å². The molecule has 1 radical (unpaired) electrons. The van der Waals surface area contributed by atoms with Crippen LogP contribution in [0.15, 0.2) is 18.2 Å². The number of carbonyl (C=O) groups is 1. The highest BCUT2D eigenvalue weighted by molar-refractivity contribution is 5.69. The van der Waals surface area contributed by atoms with Crippen LogP contribution in [-0.4, -0.2) is 19.2 Å². The van der Waals surface area contributed by atoms with Crippen molar-refractivity contribution in [2.45, 2.75) is 13.3 Å². The first-order valence-corrected chi connectivity index (χ1v) is 4.78. The van der Waals surface area contributed by atoms with Gasteiger partial charge in [-0.3, -0.25) is 4.79 Å². The molecule has 1 rings (SSSR count). The van der Waals surface area contributed by atoms with Gasteiger partial charge in [-0.1, -0.05) is 0 Å². The first kappa shape index (κ1) is 11.4. The molecule has 0 aliphatic rings. The van der Waals surface area contributed by atoms with Gasteiger partial charge in [0.2, 0.25) is 0 Å². The van der Waals surface area contributed by atoms with Crippen LogP contribution in [0.2, 0.25) is 0 Å². The van der Waals surface area contributed by atoms with Crippen LogP contribution in [0.4, 0.5) is 5.69 Å². The van der Waals surface area contributed by atoms with Crippen molar-refractivity contribution in [1.29, 1.82) is 0 Å². The minimum atomic E-state index is -0.257. The number of ether oxygens (including phenoxy) is 2. The lowest BCUT2D eigenvalue weighted by atomic mass is 10.3. The second kappa shape index (κ2) is 5.90. The van der Waals surface area contributed by atoms with E-state index >= 15 is 0 Å². The molecule has 4 nitrogen and oxygen atoms in total. The van der Waals surface area contributed by atoms with Crippen molar-refractivity contribution >= 4 is 11.7 Å². The Labute approximate surface area is 89.0 Å². The van der Waals surface area contributed by atoms with Crippen LogP contribution >= 0.6 is 0 Å². The highest BCUT2D eigenvalue weighted by Gasteiger charge is 2.01. The molecule has 0 saturated heterocycles. The predicted octanol–water partition coefficient (Wildman–Crippen LogP) is 1.40. The van der Waals surface area contributed by atoms with E-state index in [1.165, 1.54) is 0 Å². The molecule has 0 aromatic heterocycles. The van der Waals surface area contributed by atoms with E-state index in [4.69, 9.17) is 15.2 Å². The third-order valence-electron chi connectivity index (χ3n) is 1.68. The van der Waals surface area contributed by atoms with Crippen molar-refractivity contribution in [3.8, 4) is 5.75 Å². The third kappa shape index (κ3) is 4.35. The van der Waals surface area contributed by atoms with Crippen LogP contribution in [0.1, 0.15) is 13.3 Å². The van der Waals surface area contributed by atoms with Gasteiger partial charge in [-0.2, -0.15) is 0 Å². The first-order valence-electron chi connectivity index (χ1n) is 4.78. The SMILES string of the molecule is CCOC(=O)CCOc1cc[c]c(N)c1. The zero-order valence-electron chi connectivity index (χ0n) is 8.66. The molecule has 2 N–H and O–H groups in total. The zero-order valence-corrected chi connectivity index (χ0v) is 8.66. The fourth-order valence-electron chi connectivity index (χ4n) is 1.04. The van der Waals surface area contributed by atoms with E-state index in [-0.39, 0.29) is 12.4 Å². The highest BCUT2D eigenvalue weighted by Crippen LogP contribution is 2.13. The quantitative estimate of drug-likeness (QED) is 0.587. The molecular formula is C11H14NO3. The van der Waals surface area contributed by atoms with Crippen molar-refractivity contribution in [2.24, 2.45) is 0 Å². The van der Waals surface area contributed by atoms with Crippen molar-refractivity contribution in [3.05, 3.63) is 24.3 Å². The van der Waals surface area contributed by atoms with Gasteiger partial charge in [0.15, 0.2) is 0 Å². The van der Waals surface area contributed by atoms with E-state index in [0.717, 1.165) is 0 Å². The van der Waals surface area contributed by atoms with E-state index < -0.39 is 0 Å². The minimum absolute atomic E-state index is 0.242. The molecule has 15 heavy (non-hydrogen) atoms. The normalized spacial score (nSPS) is 9.67. The Kier molecular flexibility index (Phi) is 4.47. The summed E-state index contributed by atoms with van der Waals surface area (Å²) in [5.74, 6) is 0.378. The molecule has 0 fully saturated rings. The summed E-state index contributed by atoms with van der Waals surface area (Å²) in [6.07, 6.45) is 0.242. The van der Waals surface area contributed by atoms with Gasteiger partial charge in [-0.05, 0) is 19.1 Å². The van der Waals surface area contributed by atoms with Crippen molar-refractivity contribution in [2.75, 3.05) is 18.9 Å². The monoisotopic (exact) mass is 208 g/mol. The van der Waals surface area contributed by atoms with Gasteiger partial charge in [-0.25, -0.2) is 0 Å². The second-order valence-electron chi connectivity index (χ2n) is 2.88. The van der Waals surface area contributed by atoms with Crippen LogP contribution < -0.4 is 10.5 Å². The Morgan fingerprint density at radius 1 is 1.60 bits per heavy atom. The summed E-state index contributed by atoms with van der Waals surface area (Å²) in [6, 6.07) is 7.87. The molecular weight excluding hydrogens is 194 g/mol. The molecule has 0 heterocycles. The summed E-state index contributed by atoms with van der Waals surface area (Å²) in [6.45, 7) is 2.46. The Balaban J connectivity index is 2.28. The molecule has 0 amide bonds. The fourth-order valence-corrected chi connectivity index (χ4v) is 1.04.